The van der Waals surface area contributed by atoms with E-state index in [4.69, 9.17) is 10.5 Å². The molecular weight excluding hydrogens is 479 g/mol. The van der Waals surface area contributed by atoms with E-state index in [9.17, 15) is 14.0 Å². The first-order chi connectivity index (χ1) is 17.4. The lowest BCUT2D eigenvalue weighted by molar-refractivity contribution is -0.141. The second-order valence-electron chi connectivity index (χ2n) is 7.82. The van der Waals surface area contributed by atoms with Crippen molar-refractivity contribution in [2.75, 3.05) is 16.8 Å². The third-order valence-corrected chi connectivity index (χ3v) is 6.22. The number of nitrogens with zero attached hydrogens (tertiary/aromatic N) is 2. The smallest absolute Gasteiger partial charge is 0.316 e. The van der Waals surface area contributed by atoms with Crippen molar-refractivity contribution in [2.45, 2.75) is 18.7 Å². The Balaban J connectivity index is 1.31. The van der Waals surface area contributed by atoms with E-state index in [1.807, 2.05) is 55.5 Å². The lowest BCUT2D eigenvalue weighted by atomic mass is 9.97. The van der Waals surface area contributed by atoms with Crippen molar-refractivity contribution in [3.8, 4) is 11.1 Å². The van der Waals surface area contributed by atoms with Crippen LogP contribution < -0.4 is 11.1 Å². The molecule has 0 unspecified atom stereocenters. The molecule has 0 aliphatic carbocycles. The summed E-state index contributed by atoms with van der Waals surface area (Å²) in [6.07, 6.45) is 1.29. The molecule has 0 saturated carbocycles. The second-order valence-corrected chi connectivity index (χ2v) is 8.76. The average Bonchev–Trinajstić information content (AvgIpc) is 2.88. The van der Waals surface area contributed by atoms with Gasteiger partial charge in [-0.15, -0.1) is 0 Å². The van der Waals surface area contributed by atoms with Gasteiger partial charge in [0.1, 0.15) is 23.8 Å². The van der Waals surface area contributed by atoms with Crippen LogP contribution in [0.5, 0.6) is 0 Å². The number of aromatic nitrogens is 2. The van der Waals surface area contributed by atoms with Gasteiger partial charge >= 0.3 is 5.97 Å². The van der Waals surface area contributed by atoms with Gasteiger partial charge in [0.2, 0.25) is 0 Å². The van der Waals surface area contributed by atoms with Gasteiger partial charge in [-0.1, -0.05) is 60.3 Å². The van der Waals surface area contributed by atoms with Crippen molar-refractivity contribution in [3.63, 3.8) is 0 Å². The van der Waals surface area contributed by atoms with Crippen molar-refractivity contribution in [3.05, 3.63) is 102 Å². The minimum atomic E-state index is -0.525. The number of nitrogens with one attached hydrogen (secondary N) is 1. The van der Waals surface area contributed by atoms with Crippen LogP contribution in [0.4, 0.5) is 15.9 Å². The molecule has 3 aromatic carbocycles. The molecule has 0 aliphatic heterocycles. The summed E-state index contributed by atoms with van der Waals surface area (Å²) in [5.74, 6) is -1.41. The molecule has 0 saturated heterocycles. The summed E-state index contributed by atoms with van der Waals surface area (Å²) in [5.41, 5.74) is 10.6. The normalized spacial score (nSPS) is 10.6. The number of amides is 1. The van der Waals surface area contributed by atoms with Gasteiger partial charge < -0.3 is 15.8 Å². The van der Waals surface area contributed by atoms with Crippen LogP contribution in [0, 0.1) is 12.7 Å². The van der Waals surface area contributed by atoms with E-state index in [1.54, 1.807) is 0 Å². The topological polar surface area (TPSA) is 107 Å². The minimum Gasteiger partial charge on any atom is -0.460 e. The summed E-state index contributed by atoms with van der Waals surface area (Å²) in [6, 6.07) is 21.3. The Morgan fingerprint density at radius 3 is 2.50 bits per heavy atom. The molecule has 1 heterocycles. The number of anilines is 2. The van der Waals surface area contributed by atoms with Gasteiger partial charge in [-0.2, -0.15) is 0 Å². The maximum Gasteiger partial charge on any atom is 0.316 e. The number of esters is 1. The Morgan fingerprint density at radius 2 is 1.78 bits per heavy atom. The number of nitrogen functional groups attached to an aromatic ring is 1. The van der Waals surface area contributed by atoms with Gasteiger partial charge in [0, 0.05) is 11.9 Å². The molecule has 0 fully saturated rings. The van der Waals surface area contributed by atoms with Gasteiger partial charge in [0.15, 0.2) is 5.16 Å². The first-order valence-corrected chi connectivity index (χ1v) is 12.0. The summed E-state index contributed by atoms with van der Waals surface area (Å²) in [6.45, 7) is 2.15. The Morgan fingerprint density at radius 1 is 1.03 bits per heavy atom. The van der Waals surface area contributed by atoms with Crippen LogP contribution >= 0.6 is 11.8 Å². The van der Waals surface area contributed by atoms with Gasteiger partial charge in [0.25, 0.3) is 5.91 Å². The molecule has 1 aromatic heterocycles. The van der Waals surface area contributed by atoms with E-state index in [1.165, 1.54) is 30.5 Å². The van der Waals surface area contributed by atoms with Crippen molar-refractivity contribution >= 4 is 35.1 Å². The highest BCUT2D eigenvalue weighted by atomic mass is 32.2. The van der Waals surface area contributed by atoms with Crippen molar-refractivity contribution in [1.82, 2.24) is 9.97 Å². The Hall–Kier alpha value is -4.24. The molecule has 7 nitrogen and oxygen atoms in total. The van der Waals surface area contributed by atoms with E-state index in [0.29, 0.717) is 5.69 Å². The Kier molecular flexibility index (Phi) is 7.92. The SMILES string of the molecule is Cc1c(COC(=O)CSc2ncc(C(=O)Nc3ccc(F)cc3)c(N)n2)cccc1-c1ccccc1. The van der Waals surface area contributed by atoms with Crippen molar-refractivity contribution in [1.29, 1.82) is 0 Å². The fourth-order valence-corrected chi connectivity index (χ4v) is 4.07. The highest BCUT2D eigenvalue weighted by Crippen LogP contribution is 2.26. The molecule has 3 N–H and O–H groups in total. The zero-order chi connectivity index (χ0) is 25.5. The molecule has 0 radical (unpaired) electrons. The fraction of sp³-hybridized carbons (Fsp3) is 0.111. The van der Waals surface area contributed by atoms with Gasteiger partial charge in [0.05, 0.1) is 5.75 Å². The molecule has 0 aliphatic rings. The van der Waals surface area contributed by atoms with E-state index in [-0.39, 0.29) is 28.9 Å². The molecule has 4 rings (SSSR count). The number of halogens is 1. The van der Waals surface area contributed by atoms with Crippen molar-refractivity contribution in [2.24, 2.45) is 0 Å². The highest BCUT2D eigenvalue weighted by Gasteiger charge is 2.15. The Bertz CT molecular complexity index is 1380. The number of hydrogen-bond donors (Lipinski definition) is 2. The summed E-state index contributed by atoms with van der Waals surface area (Å²) in [5, 5.41) is 2.84. The van der Waals surface area contributed by atoms with Gasteiger partial charge in [-0.25, -0.2) is 14.4 Å². The molecule has 0 atom stereocenters. The lowest BCUT2D eigenvalue weighted by Crippen LogP contribution is -2.16. The third-order valence-electron chi connectivity index (χ3n) is 5.38. The number of ether oxygens (including phenoxy) is 1. The van der Waals surface area contributed by atoms with Crippen LogP contribution in [0.3, 0.4) is 0 Å². The van der Waals surface area contributed by atoms with Crippen LogP contribution in [0.2, 0.25) is 0 Å². The molecular formula is C27H23FN4O3S. The van der Waals surface area contributed by atoms with Crippen LogP contribution in [0.15, 0.2) is 84.1 Å². The summed E-state index contributed by atoms with van der Waals surface area (Å²) >= 11 is 1.06. The van der Waals surface area contributed by atoms with Gasteiger partial charge in [-0.3, -0.25) is 9.59 Å². The highest BCUT2D eigenvalue weighted by molar-refractivity contribution is 7.99. The molecule has 9 heteroatoms. The zero-order valence-electron chi connectivity index (χ0n) is 19.4. The van der Waals surface area contributed by atoms with Gasteiger partial charge in [-0.05, 0) is 53.4 Å². The number of rotatable bonds is 8. The van der Waals surface area contributed by atoms with E-state index < -0.39 is 17.7 Å². The molecule has 1 amide bonds. The van der Waals surface area contributed by atoms with E-state index >= 15 is 0 Å². The Labute approximate surface area is 211 Å². The lowest BCUT2D eigenvalue weighted by Gasteiger charge is -2.12. The molecule has 36 heavy (non-hydrogen) atoms. The number of carbonyl (C=O) groups excluding carboxylic acids is 2. The first-order valence-electron chi connectivity index (χ1n) is 11.0. The van der Waals surface area contributed by atoms with Crippen LogP contribution in [0.1, 0.15) is 21.5 Å². The molecule has 182 valence electrons. The zero-order valence-corrected chi connectivity index (χ0v) is 20.2. The van der Waals surface area contributed by atoms with E-state index in [0.717, 1.165) is 34.0 Å². The monoisotopic (exact) mass is 502 g/mol. The summed E-state index contributed by atoms with van der Waals surface area (Å²) in [4.78, 5) is 32.9. The predicted molar refractivity (Wildman–Crippen MR) is 138 cm³/mol. The maximum atomic E-state index is 13.0. The predicted octanol–water partition coefficient (Wildman–Crippen LogP) is 5.26. The van der Waals surface area contributed by atoms with Crippen LogP contribution in [-0.2, 0) is 16.1 Å². The number of benzene rings is 3. The second kappa shape index (κ2) is 11.5. The minimum absolute atomic E-state index is 0.0159. The fourth-order valence-electron chi connectivity index (χ4n) is 3.45. The quantitative estimate of drug-likeness (QED) is 0.192. The molecule has 0 bridgehead atoms. The molecule has 4 aromatic rings. The standard InChI is InChI=1S/C27H23FN4O3S/c1-17-19(8-5-9-22(17)18-6-3-2-4-7-18)15-35-24(33)16-36-27-30-14-23(25(29)32-27)26(34)31-21-12-10-20(28)11-13-21/h2-14H,15-16H2,1H3,(H,31,34)(H2,29,30,32). The molecule has 0 spiro atoms. The summed E-state index contributed by atoms with van der Waals surface area (Å²) < 4.78 is 18.5. The first kappa shape index (κ1) is 24.9. The maximum absolute atomic E-state index is 13.0. The summed E-state index contributed by atoms with van der Waals surface area (Å²) in [7, 11) is 0. The average molecular weight is 503 g/mol. The number of thioether (sulfide) groups is 1. The van der Waals surface area contributed by atoms with Crippen LogP contribution in [0.25, 0.3) is 11.1 Å². The number of carbonyl (C=O) groups is 2. The third kappa shape index (κ3) is 6.25. The number of nitrogens with two attached hydrogens (primary N) is 1. The van der Waals surface area contributed by atoms with E-state index in [2.05, 4.69) is 15.3 Å². The van der Waals surface area contributed by atoms with Crippen molar-refractivity contribution < 1.29 is 18.7 Å². The van der Waals surface area contributed by atoms with Crippen LogP contribution in [-0.4, -0.2) is 27.6 Å². The largest absolute Gasteiger partial charge is 0.460 e. The number of hydrogen-bond acceptors (Lipinski definition) is 7.